The second kappa shape index (κ2) is 6.72. The van der Waals surface area contributed by atoms with Gasteiger partial charge >= 0.3 is 0 Å². The van der Waals surface area contributed by atoms with Crippen LogP contribution in [-0.4, -0.2) is 66.1 Å². The van der Waals surface area contributed by atoms with Crippen molar-refractivity contribution in [2.45, 2.75) is 51.7 Å². The van der Waals surface area contributed by atoms with Gasteiger partial charge in [-0.1, -0.05) is 0 Å². The topological polar surface area (TPSA) is 54.8 Å². The Morgan fingerprint density at radius 1 is 1.27 bits per heavy atom. The molecule has 1 aromatic rings. The van der Waals surface area contributed by atoms with E-state index in [4.69, 9.17) is 4.74 Å². The summed E-state index contributed by atoms with van der Waals surface area (Å²) < 4.78 is 7.60. The van der Waals surface area contributed by atoms with Crippen molar-refractivity contribution in [2.75, 3.05) is 33.8 Å². The van der Waals surface area contributed by atoms with E-state index < -0.39 is 0 Å². The predicted octanol–water partition coefficient (Wildman–Crippen LogP) is 2.34. The zero-order valence-corrected chi connectivity index (χ0v) is 16.6. The summed E-state index contributed by atoms with van der Waals surface area (Å²) >= 11 is 0. The van der Waals surface area contributed by atoms with Gasteiger partial charge in [-0.05, 0) is 46.1 Å². The number of nitrogens with zero attached hydrogens (tertiary/aromatic N) is 3. The van der Waals surface area contributed by atoms with Gasteiger partial charge in [0, 0.05) is 51.7 Å². The van der Waals surface area contributed by atoms with Crippen LogP contribution in [-0.2, 0) is 15.1 Å². The molecule has 144 valence electrons. The number of rotatable bonds is 2. The molecule has 3 heterocycles. The van der Waals surface area contributed by atoms with Gasteiger partial charge in [0.15, 0.2) is 0 Å². The lowest BCUT2D eigenvalue weighted by Crippen LogP contribution is -2.57. The highest BCUT2D eigenvalue weighted by atomic mass is 16.5. The fourth-order valence-electron chi connectivity index (χ4n) is 4.22. The van der Waals surface area contributed by atoms with E-state index in [0.29, 0.717) is 32.5 Å². The number of aromatic nitrogens is 1. The monoisotopic (exact) mass is 361 g/mol. The van der Waals surface area contributed by atoms with Gasteiger partial charge in [-0.3, -0.25) is 9.59 Å². The molecule has 3 rings (SSSR count). The molecule has 0 aromatic carbocycles. The van der Waals surface area contributed by atoms with Crippen LogP contribution in [0.25, 0.3) is 0 Å². The summed E-state index contributed by atoms with van der Waals surface area (Å²) in [6.45, 7) is 8.24. The highest BCUT2D eigenvalue weighted by Gasteiger charge is 2.48. The Morgan fingerprint density at radius 3 is 2.46 bits per heavy atom. The van der Waals surface area contributed by atoms with Crippen molar-refractivity contribution in [3.05, 3.63) is 24.0 Å². The highest BCUT2D eigenvalue weighted by molar-refractivity contribution is 5.94. The van der Waals surface area contributed by atoms with E-state index in [1.165, 1.54) is 0 Å². The van der Waals surface area contributed by atoms with Gasteiger partial charge in [-0.15, -0.1) is 0 Å². The molecule has 2 aliphatic heterocycles. The Balaban J connectivity index is 1.69. The van der Waals surface area contributed by atoms with Gasteiger partial charge in [0.2, 0.25) is 5.91 Å². The lowest BCUT2D eigenvalue weighted by Gasteiger charge is -2.47. The number of hydrogen-bond donors (Lipinski definition) is 0. The minimum absolute atomic E-state index is 0.0429. The van der Waals surface area contributed by atoms with Gasteiger partial charge in [0.1, 0.15) is 0 Å². The van der Waals surface area contributed by atoms with E-state index in [-0.39, 0.29) is 28.9 Å². The Kier molecular flexibility index (Phi) is 4.90. The Morgan fingerprint density at radius 2 is 1.92 bits per heavy atom. The zero-order chi connectivity index (χ0) is 19.1. The third kappa shape index (κ3) is 3.39. The van der Waals surface area contributed by atoms with Crippen molar-refractivity contribution < 1.29 is 14.3 Å². The maximum Gasteiger partial charge on any atom is 0.255 e. The van der Waals surface area contributed by atoms with Crippen molar-refractivity contribution >= 4 is 11.8 Å². The molecular formula is C20H31N3O3. The normalized spacial score (nSPS) is 23.6. The average molecular weight is 361 g/mol. The maximum absolute atomic E-state index is 12.9. The molecule has 26 heavy (non-hydrogen) atoms. The van der Waals surface area contributed by atoms with Crippen LogP contribution in [0.3, 0.4) is 0 Å². The van der Waals surface area contributed by atoms with Crippen LogP contribution in [0.15, 0.2) is 18.5 Å². The average Bonchev–Trinajstić information content (AvgIpc) is 3.10. The molecule has 0 bridgehead atoms. The Bertz CT molecular complexity index is 681. The lowest BCUT2D eigenvalue weighted by molar-refractivity contribution is -0.155. The first-order valence-corrected chi connectivity index (χ1v) is 9.42. The second-order valence-corrected chi connectivity index (χ2v) is 8.80. The quantitative estimate of drug-likeness (QED) is 0.812. The molecule has 6 heteroatoms. The summed E-state index contributed by atoms with van der Waals surface area (Å²) in [4.78, 5) is 29.3. The number of methoxy groups -OCH3 is 1. The third-order valence-electron chi connectivity index (χ3n) is 5.95. The summed E-state index contributed by atoms with van der Waals surface area (Å²) in [5.41, 5.74) is 0.304. The molecule has 2 aliphatic rings. The SMILES string of the molecule is COC1CN(C)C(=O)C2(CCN(C(=O)c3ccn(C(C)(C)C)c3)CC2)C1. The number of amides is 2. The van der Waals surface area contributed by atoms with Crippen molar-refractivity contribution in [1.29, 1.82) is 0 Å². The summed E-state index contributed by atoms with van der Waals surface area (Å²) in [6.07, 6.45) is 6.15. The molecule has 2 saturated heterocycles. The highest BCUT2D eigenvalue weighted by Crippen LogP contribution is 2.41. The molecular weight excluding hydrogens is 330 g/mol. The smallest absolute Gasteiger partial charge is 0.255 e. The first-order valence-electron chi connectivity index (χ1n) is 9.42. The third-order valence-corrected chi connectivity index (χ3v) is 5.95. The number of carbonyl (C=O) groups excluding carboxylic acids is 2. The van der Waals surface area contributed by atoms with Crippen molar-refractivity contribution in [3.63, 3.8) is 0 Å². The Hall–Kier alpha value is -1.82. The summed E-state index contributed by atoms with van der Waals surface area (Å²) in [7, 11) is 3.56. The van der Waals surface area contributed by atoms with Crippen LogP contribution in [0.5, 0.6) is 0 Å². The number of ether oxygens (including phenoxy) is 1. The van der Waals surface area contributed by atoms with Gasteiger partial charge in [0.05, 0.1) is 17.1 Å². The van der Waals surface area contributed by atoms with E-state index in [1.54, 1.807) is 12.0 Å². The van der Waals surface area contributed by atoms with Crippen LogP contribution < -0.4 is 0 Å². The van der Waals surface area contributed by atoms with Gasteiger partial charge in [-0.2, -0.15) is 0 Å². The minimum Gasteiger partial charge on any atom is -0.380 e. The fraction of sp³-hybridized carbons (Fsp3) is 0.700. The molecule has 0 radical (unpaired) electrons. The van der Waals surface area contributed by atoms with E-state index in [9.17, 15) is 9.59 Å². The molecule has 1 aromatic heterocycles. The van der Waals surface area contributed by atoms with Crippen molar-refractivity contribution in [2.24, 2.45) is 5.41 Å². The van der Waals surface area contributed by atoms with Crippen LogP contribution >= 0.6 is 0 Å². The first kappa shape index (κ1) is 19.0. The number of carbonyl (C=O) groups is 2. The van der Waals surface area contributed by atoms with E-state index in [0.717, 1.165) is 12.0 Å². The first-order chi connectivity index (χ1) is 12.2. The van der Waals surface area contributed by atoms with Crippen LogP contribution in [0, 0.1) is 5.41 Å². The second-order valence-electron chi connectivity index (χ2n) is 8.80. The van der Waals surface area contributed by atoms with Gasteiger partial charge < -0.3 is 19.1 Å². The summed E-state index contributed by atoms with van der Waals surface area (Å²) in [5, 5.41) is 0. The number of likely N-dealkylation sites (tertiary alicyclic amines) is 2. The van der Waals surface area contributed by atoms with E-state index in [1.807, 2.05) is 30.4 Å². The number of likely N-dealkylation sites (N-methyl/N-ethyl adjacent to an activating group) is 1. The van der Waals surface area contributed by atoms with Crippen molar-refractivity contribution in [1.82, 2.24) is 14.4 Å². The predicted molar refractivity (Wildman–Crippen MR) is 100 cm³/mol. The van der Waals surface area contributed by atoms with Crippen LogP contribution in [0.1, 0.15) is 50.4 Å². The number of hydrogen-bond acceptors (Lipinski definition) is 3. The van der Waals surface area contributed by atoms with Gasteiger partial charge in [0.25, 0.3) is 5.91 Å². The summed E-state index contributed by atoms with van der Waals surface area (Å²) in [6, 6.07) is 1.89. The molecule has 6 nitrogen and oxygen atoms in total. The van der Waals surface area contributed by atoms with E-state index in [2.05, 4.69) is 25.3 Å². The standard InChI is InChI=1S/C20H31N3O3/c1-19(2,3)23-9-6-15(13-23)17(24)22-10-7-20(8-11-22)12-16(26-5)14-21(4)18(20)25/h6,9,13,16H,7-8,10-12,14H2,1-5H3. The Labute approximate surface area is 156 Å². The van der Waals surface area contributed by atoms with E-state index >= 15 is 0 Å². The molecule has 1 spiro atoms. The molecule has 1 atom stereocenters. The summed E-state index contributed by atoms with van der Waals surface area (Å²) in [5.74, 6) is 0.263. The molecule has 0 saturated carbocycles. The molecule has 0 N–H and O–H groups in total. The van der Waals surface area contributed by atoms with Gasteiger partial charge in [-0.25, -0.2) is 0 Å². The van der Waals surface area contributed by atoms with Crippen LogP contribution in [0.4, 0.5) is 0 Å². The maximum atomic E-state index is 12.9. The minimum atomic E-state index is -0.373. The fourth-order valence-corrected chi connectivity index (χ4v) is 4.22. The lowest BCUT2D eigenvalue weighted by atomic mass is 9.71. The molecule has 1 unspecified atom stereocenters. The molecule has 2 fully saturated rings. The van der Waals surface area contributed by atoms with Crippen molar-refractivity contribution in [3.8, 4) is 0 Å². The van der Waals surface area contributed by atoms with Crippen LogP contribution in [0.2, 0.25) is 0 Å². The molecule has 0 aliphatic carbocycles. The number of piperidine rings is 2. The zero-order valence-electron chi connectivity index (χ0n) is 16.6. The largest absolute Gasteiger partial charge is 0.380 e. The molecule has 2 amide bonds.